The predicted molar refractivity (Wildman–Crippen MR) is 99.8 cm³/mol. The third-order valence-electron chi connectivity index (χ3n) is 5.72. The zero-order valence-corrected chi connectivity index (χ0v) is 16.6. The van der Waals surface area contributed by atoms with E-state index in [2.05, 4.69) is 10.1 Å². The van der Waals surface area contributed by atoms with Gasteiger partial charge in [-0.1, -0.05) is 18.9 Å². The first kappa shape index (κ1) is 21.9. The molecule has 0 radical (unpaired) electrons. The van der Waals surface area contributed by atoms with Gasteiger partial charge in [0.15, 0.2) is 9.84 Å². The first-order valence-corrected chi connectivity index (χ1v) is 11.2. The largest absolute Gasteiger partial charge is 0.573 e. The second-order valence-electron chi connectivity index (χ2n) is 7.83. The third kappa shape index (κ3) is 5.42. The molecular formula is C19H25F3N2O4S. The van der Waals surface area contributed by atoms with E-state index < -0.39 is 27.2 Å². The zero-order valence-electron chi connectivity index (χ0n) is 15.8. The number of carbonyl (C=O) groups is 1. The molecule has 2 aliphatic carbocycles. The predicted octanol–water partition coefficient (Wildman–Crippen LogP) is 2.77. The Kier molecular flexibility index (Phi) is 6.42. The van der Waals surface area contributed by atoms with Crippen molar-refractivity contribution in [1.29, 1.82) is 0 Å². The number of halogens is 3. The molecule has 0 saturated heterocycles. The molecule has 1 unspecified atom stereocenters. The van der Waals surface area contributed by atoms with Crippen molar-refractivity contribution in [3.8, 4) is 5.75 Å². The summed E-state index contributed by atoms with van der Waals surface area (Å²) in [6.07, 6.45) is -0.574. The lowest BCUT2D eigenvalue weighted by molar-refractivity contribution is -0.274. The quantitative estimate of drug-likeness (QED) is 0.718. The number of alkyl halides is 3. The molecule has 2 fully saturated rings. The molecule has 1 aromatic carbocycles. The van der Waals surface area contributed by atoms with Gasteiger partial charge >= 0.3 is 6.36 Å². The van der Waals surface area contributed by atoms with Gasteiger partial charge in [-0.05, 0) is 49.8 Å². The van der Waals surface area contributed by atoms with Crippen LogP contribution in [0.3, 0.4) is 0 Å². The van der Waals surface area contributed by atoms with Crippen molar-refractivity contribution in [1.82, 2.24) is 5.32 Å². The normalized spacial score (nSPS) is 27.7. The highest BCUT2D eigenvalue weighted by Crippen LogP contribution is 2.37. The molecule has 2 saturated carbocycles. The van der Waals surface area contributed by atoms with Crippen molar-refractivity contribution in [3.63, 3.8) is 0 Å². The molecule has 0 aromatic heterocycles. The monoisotopic (exact) mass is 434 g/mol. The number of hydrogen-bond donors (Lipinski definition) is 2. The van der Waals surface area contributed by atoms with Crippen LogP contribution in [0, 0.1) is 11.8 Å². The molecule has 3 N–H and O–H groups in total. The van der Waals surface area contributed by atoms with Crippen LogP contribution in [0.1, 0.15) is 38.5 Å². The topological polar surface area (TPSA) is 98.5 Å². The van der Waals surface area contributed by atoms with Crippen LogP contribution in [0.5, 0.6) is 5.75 Å². The van der Waals surface area contributed by atoms with Crippen molar-refractivity contribution in [2.75, 3.05) is 6.54 Å². The summed E-state index contributed by atoms with van der Waals surface area (Å²) in [4.78, 5) is 12.1. The number of nitrogens with two attached hydrogens (primary N) is 1. The van der Waals surface area contributed by atoms with Gasteiger partial charge in [-0.25, -0.2) is 8.42 Å². The smallest absolute Gasteiger partial charge is 0.406 e. The van der Waals surface area contributed by atoms with E-state index in [4.69, 9.17) is 5.73 Å². The van der Waals surface area contributed by atoms with E-state index in [-0.39, 0.29) is 28.7 Å². The van der Waals surface area contributed by atoms with E-state index in [1.807, 2.05) is 0 Å². The third-order valence-corrected chi connectivity index (χ3v) is 7.89. The summed E-state index contributed by atoms with van der Waals surface area (Å²) in [7, 11) is -3.76. The van der Waals surface area contributed by atoms with Gasteiger partial charge in [0.05, 0.1) is 16.1 Å². The summed E-state index contributed by atoms with van der Waals surface area (Å²) in [6.45, 7) is 0.380. The maximum absolute atomic E-state index is 12.7. The number of rotatable bonds is 6. The summed E-state index contributed by atoms with van der Waals surface area (Å²) >= 11 is 0. The van der Waals surface area contributed by atoms with Crippen molar-refractivity contribution in [3.05, 3.63) is 24.3 Å². The number of ether oxygens (including phenoxy) is 1. The Morgan fingerprint density at radius 2 is 1.90 bits per heavy atom. The van der Waals surface area contributed by atoms with Crippen molar-refractivity contribution in [2.45, 2.75) is 61.1 Å². The number of hydrogen-bond acceptors (Lipinski definition) is 5. The highest BCUT2D eigenvalue weighted by Gasteiger charge is 2.40. The molecule has 0 bridgehead atoms. The molecule has 162 valence electrons. The van der Waals surface area contributed by atoms with E-state index >= 15 is 0 Å². The molecule has 10 heteroatoms. The molecule has 1 aromatic rings. The van der Waals surface area contributed by atoms with Crippen LogP contribution in [-0.4, -0.2) is 38.5 Å². The van der Waals surface area contributed by atoms with Gasteiger partial charge in [0.1, 0.15) is 5.75 Å². The maximum Gasteiger partial charge on any atom is 0.573 e. The van der Waals surface area contributed by atoms with Crippen LogP contribution in [0.15, 0.2) is 29.2 Å². The fourth-order valence-electron chi connectivity index (χ4n) is 4.00. The number of carbonyl (C=O) groups excluding carboxylic acids is 1. The van der Waals surface area contributed by atoms with E-state index in [9.17, 15) is 26.4 Å². The lowest BCUT2D eigenvalue weighted by atomic mass is 9.83. The van der Waals surface area contributed by atoms with Gasteiger partial charge in [-0.15, -0.1) is 13.2 Å². The summed E-state index contributed by atoms with van der Waals surface area (Å²) < 4.78 is 66.2. The standard InChI is InChI=1S/C19H25F3N2O4S/c20-19(21,22)28-13-4-3-5-14(10-13)29(26,27)15-8-12(9-15)11-24-18(25)16-6-1-2-7-17(16)23/h3-5,10,12,15-17H,1-2,6-9,11,23H2,(H,24,25)/t12?,15?,16?,17-/m0/s1. The van der Waals surface area contributed by atoms with Crippen LogP contribution in [0.2, 0.25) is 0 Å². The molecule has 0 spiro atoms. The molecule has 3 rings (SSSR count). The summed E-state index contributed by atoms with van der Waals surface area (Å²) in [5.41, 5.74) is 6.01. The first-order chi connectivity index (χ1) is 13.6. The molecule has 1 amide bonds. The summed E-state index contributed by atoms with van der Waals surface area (Å²) in [5, 5.41) is 2.19. The van der Waals surface area contributed by atoms with Crippen molar-refractivity contribution in [2.24, 2.45) is 17.6 Å². The van der Waals surface area contributed by atoms with Crippen LogP contribution < -0.4 is 15.8 Å². The molecule has 0 aliphatic heterocycles. The summed E-state index contributed by atoms with van der Waals surface area (Å²) in [6, 6.07) is 4.30. The number of amides is 1. The Bertz CT molecular complexity index is 838. The molecule has 6 nitrogen and oxygen atoms in total. The maximum atomic E-state index is 12.7. The van der Waals surface area contributed by atoms with E-state index in [0.717, 1.165) is 37.8 Å². The van der Waals surface area contributed by atoms with Crippen LogP contribution in [0.4, 0.5) is 13.2 Å². The fourth-order valence-corrected chi connectivity index (χ4v) is 5.98. The number of benzene rings is 1. The Morgan fingerprint density at radius 3 is 2.55 bits per heavy atom. The van der Waals surface area contributed by atoms with E-state index in [1.165, 1.54) is 12.1 Å². The molecule has 2 atom stereocenters. The van der Waals surface area contributed by atoms with Gasteiger partial charge < -0.3 is 15.8 Å². The van der Waals surface area contributed by atoms with E-state index in [1.54, 1.807) is 0 Å². The fraction of sp³-hybridized carbons (Fsp3) is 0.632. The Balaban J connectivity index is 1.52. The Labute approximate surface area is 167 Å². The minimum Gasteiger partial charge on any atom is -0.406 e. The van der Waals surface area contributed by atoms with Crippen molar-refractivity contribution >= 4 is 15.7 Å². The van der Waals surface area contributed by atoms with Crippen LogP contribution >= 0.6 is 0 Å². The number of sulfone groups is 1. The van der Waals surface area contributed by atoms with Crippen LogP contribution in [0.25, 0.3) is 0 Å². The molecule has 2 aliphatic rings. The SMILES string of the molecule is N[C@H]1CCCCC1C(=O)NCC1CC(S(=O)(=O)c2cccc(OC(F)(F)F)c2)C1. The Morgan fingerprint density at radius 1 is 1.21 bits per heavy atom. The lowest BCUT2D eigenvalue weighted by Gasteiger charge is -2.35. The highest BCUT2D eigenvalue weighted by molar-refractivity contribution is 7.92. The van der Waals surface area contributed by atoms with Gasteiger partial charge in [0.2, 0.25) is 5.91 Å². The van der Waals surface area contributed by atoms with Crippen LogP contribution in [-0.2, 0) is 14.6 Å². The molecule has 0 heterocycles. The average Bonchev–Trinajstić information content (AvgIpc) is 2.59. The second-order valence-corrected chi connectivity index (χ2v) is 10.1. The van der Waals surface area contributed by atoms with Crippen molar-refractivity contribution < 1.29 is 31.1 Å². The minimum absolute atomic E-state index is 0.0214. The minimum atomic E-state index is -4.89. The zero-order chi connectivity index (χ0) is 21.2. The number of nitrogens with one attached hydrogen (secondary N) is 1. The van der Waals surface area contributed by atoms with Gasteiger partial charge in [0, 0.05) is 12.6 Å². The molecule has 29 heavy (non-hydrogen) atoms. The van der Waals surface area contributed by atoms with Gasteiger partial charge in [0.25, 0.3) is 0 Å². The summed E-state index contributed by atoms with van der Waals surface area (Å²) in [5.74, 6) is -0.820. The second kappa shape index (κ2) is 8.51. The first-order valence-electron chi connectivity index (χ1n) is 9.69. The average molecular weight is 434 g/mol. The van der Waals surface area contributed by atoms with Gasteiger partial charge in [-0.3, -0.25) is 4.79 Å². The lowest BCUT2D eigenvalue weighted by Crippen LogP contribution is -2.47. The Hall–Kier alpha value is -1.81. The highest BCUT2D eigenvalue weighted by atomic mass is 32.2. The van der Waals surface area contributed by atoms with Gasteiger partial charge in [-0.2, -0.15) is 0 Å². The molecular weight excluding hydrogens is 409 g/mol. The van der Waals surface area contributed by atoms with E-state index in [0.29, 0.717) is 19.4 Å².